The number of quaternary nitrogens is 1. The minimum Gasteiger partial charge on any atom is -0.636 e. The van der Waals surface area contributed by atoms with E-state index in [9.17, 15) is 5.21 Å². The zero-order valence-electron chi connectivity index (χ0n) is 12.3. The molecule has 3 heteroatoms. The van der Waals surface area contributed by atoms with Gasteiger partial charge in [0.15, 0.2) is 0 Å². The van der Waals surface area contributed by atoms with Crippen molar-refractivity contribution in [3.63, 3.8) is 0 Å². The van der Waals surface area contributed by atoms with Gasteiger partial charge in [-0.15, -0.1) is 0 Å². The van der Waals surface area contributed by atoms with Crippen LogP contribution in [0.5, 0.6) is 0 Å². The summed E-state index contributed by atoms with van der Waals surface area (Å²) in [4.78, 5) is 0. The smallest absolute Gasteiger partial charge is 0.0774 e. The molecule has 2 N–H and O–H groups in total. The van der Waals surface area contributed by atoms with Crippen LogP contribution in [-0.2, 0) is 4.74 Å². The number of hydroxylamine groups is 1. The fraction of sp³-hybridized carbons (Fsp3) is 1.00. The van der Waals surface area contributed by atoms with Crippen LogP contribution in [0, 0.1) is 5.21 Å². The summed E-state index contributed by atoms with van der Waals surface area (Å²) in [6.45, 7) is 4.52. The van der Waals surface area contributed by atoms with Crippen molar-refractivity contribution < 1.29 is 10.2 Å². The van der Waals surface area contributed by atoms with Crippen molar-refractivity contribution in [2.45, 2.75) is 77.6 Å². The Labute approximate surface area is 113 Å². The fourth-order valence-corrected chi connectivity index (χ4v) is 2.06. The lowest BCUT2D eigenvalue weighted by Gasteiger charge is -2.05. The van der Waals surface area contributed by atoms with Gasteiger partial charge in [0.25, 0.3) is 0 Å². The fourth-order valence-electron chi connectivity index (χ4n) is 2.06. The standard InChI is InChI=1S/C15H33NO2/c1-2-3-4-5-6-7-8-9-10-11-14-18-15-12-13-16-17/h2-16H2,1H3. The van der Waals surface area contributed by atoms with Crippen LogP contribution >= 0.6 is 0 Å². The minimum atomic E-state index is 0.637. The SMILES string of the molecule is CCCCCCCCCCCCOCCC[NH2+][O-]. The predicted octanol–water partition coefficient (Wildman–Crippen LogP) is 3.38. The molecule has 18 heavy (non-hydrogen) atoms. The highest BCUT2D eigenvalue weighted by molar-refractivity contribution is 4.47. The maximum Gasteiger partial charge on any atom is 0.0774 e. The summed E-state index contributed by atoms with van der Waals surface area (Å²) in [5.41, 5.74) is 0.962. The van der Waals surface area contributed by atoms with Crippen molar-refractivity contribution in [2.24, 2.45) is 0 Å². The molecule has 0 spiro atoms. The molecule has 3 nitrogen and oxygen atoms in total. The van der Waals surface area contributed by atoms with Crippen LogP contribution in [-0.4, -0.2) is 19.8 Å². The van der Waals surface area contributed by atoms with Crippen LogP contribution in [0.15, 0.2) is 0 Å². The third kappa shape index (κ3) is 15.9. The molecular formula is C15H33NO2. The maximum absolute atomic E-state index is 10.1. The van der Waals surface area contributed by atoms with Crippen LogP contribution in [0.3, 0.4) is 0 Å². The molecule has 0 unspecified atom stereocenters. The van der Waals surface area contributed by atoms with Crippen molar-refractivity contribution in [3.05, 3.63) is 5.21 Å². The highest BCUT2D eigenvalue weighted by atomic mass is 16.5. The minimum absolute atomic E-state index is 0.637. The molecule has 0 bridgehead atoms. The Balaban J connectivity index is 2.86. The molecule has 0 aliphatic rings. The molecule has 0 aliphatic carbocycles. The number of unbranched alkanes of at least 4 members (excludes halogenated alkanes) is 9. The average molecular weight is 259 g/mol. The summed E-state index contributed by atoms with van der Waals surface area (Å²) in [6.07, 6.45) is 14.5. The monoisotopic (exact) mass is 259 g/mol. The molecule has 0 rings (SSSR count). The van der Waals surface area contributed by atoms with Crippen LogP contribution in [0.1, 0.15) is 77.6 Å². The summed E-state index contributed by atoms with van der Waals surface area (Å²) in [6, 6.07) is 0. The molecule has 0 amide bonds. The molecule has 0 atom stereocenters. The van der Waals surface area contributed by atoms with Gasteiger partial charge < -0.3 is 15.4 Å². The zero-order chi connectivity index (χ0) is 13.3. The van der Waals surface area contributed by atoms with E-state index in [-0.39, 0.29) is 0 Å². The Kier molecular flexibility index (Phi) is 16.8. The molecule has 0 aromatic carbocycles. The quantitative estimate of drug-likeness (QED) is 0.362. The second kappa shape index (κ2) is 16.9. The molecule has 0 aromatic heterocycles. The molecule has 0 radical (unpaired) electrons. The van der Waals surface area contributed by atoms with E-state index in [0.29, 0.717) is 6.54 Å². The number of nitrogens with two attached hydrogens (primary N) is 1. The Morgan fingerprint density at radius 1 is 0.722 bits per heavy atom. The van der Waals surface area contributed by atoms with E-state index < -0.39 is 0 Å². The molecule has 0 saturated heterocycles. The summed E-state index contributed by atoms with van der Waals surface area (Å²) in [7, 11) is 0. The first-order valence-corrected chi connectivity index (χ1v) is 7.93. The van der Waals surface area contributed by atoms with Crippen molar-refractivity contribution >= 4 is 0 Å². The van der Waals surface area contributed by atoms with Gasteiger partial charge in [0, 0.05) is 13.0 Å². The van der Waals surface area contributed by atoms with Crippen LogP contribution in [0.25, 0.3) is 0 Å². The molecule has 0 aromatic rings. The largest absolute Gasteiger partial charge is 0.636 e. The number of rotatable bonds is 15. The van der Waals surface area contributed by atoms with Gasteiger partial charge in [0.2, 0.25) is 0 Å². The van der Waals surface area contributed by atoms with Gasteiger partial charge in [-0.3, -0.25) is 0 Å². The van der Waals surface area contributed by atoms with E-state index in [1.54, 1.807) is 0 Å². The second-order valence-electron chi connectivity index (χ2n) is 5.10. The van der Waals surface area contributed by atoms with E-state index in [0.717, 1.165) is 25.1 Å². The van der Waals surface area contributed by atoms with Gasteiger partial charge in [-0.1, -0.05) is 64.7 Å². The maximum atomic E-state index is 10.1. The van der Waals surface area contributed by atoms with Gasteiger partial charge >= 0.3 is 0 Å². The lowest BCUT2D eigenvalue weighted by molar-refractivity contribution is -0.589. The summed E-state index contributed by atoms with van der Waals surface area (Å²) < 4.78 is 5.45. The van der Waals surface area contributed by atoms with Gasteiger partial charge in [-0.05, 0) is 6.42 Å². The Bertz CT molecular complexity index is 126. The van der Waals surface area contributed by atoms with Crippen molar-refractivity contribution in [3.8, 4) is 0 Å². The van der Waals surface area contributed by atoms with E-state index in [4.69, 9.17) is 4.74 Å². The Hall–Kier alpha value is -0.120. The molecule has 0 fully saturated rings. The topological polar surface area (TPSA) is 48.9 Å². The second-order valence-corrected chi connectivity index (χ2v) is 5.10. The molecule has 110 valence electrons. The lowest BCUT2D eigenvalue weighted by atomic mass is 10.1. The van der Waals surface area contributed by atoms with Crippen LogP contribution in [0.4, 0.5) is 0 Å². The summed E-state index contributed by atoms with van der Waals surface area (Å²) >= 11 is 0. The van der Waals surface area contributed by atoms with Crippen LogP contribution < -0.4 is 5.48 Å². The summed E-state index contributed by atoms with van der Waals surface area (Å²) in [5, 5.41) is 10.1. The van der Waals surface area contributed by atoms with Crippen LogP contribution in [0.2, 0.25) is 0 Å². The van der Waals surface area contributed by atoms with E-state index in [1.807, 2.05) is 0 Å². The van der Waals surface area contributed by atoms with E-state index in [2.05, 4.69) is 6.92 Å². The Morgan fingerprint density at radius 3 is 1.78 bits per heavy atom. The highest BCUT2D eigenvalue weighted by Gasteiger charge is 1.93. The summed E-state index contributed by atoms with van der Waals surface area (Å²) in [5.74, 6) is 0. The van der Waals surface area contributed by atoms with Gasteiger partial charge in [0.05, 0.1) is 13.2 Å². The normalized spacial score (nSPS) is 11.0. The van der Waals surface area contributed by atoms with Gasteiger partial charge in [-0.2, -0.15) is 0 Å². The molecule has 0 saturated carbocycles. The first-order chi connectivity index (χ1) is 8.91. The van der Waals surface area contributed by atoms with E-state index >= 15 is 0 Å². The van der Waals surface area contributed by atoms with Crippen molar-refractivity contribution in [2.75, 3.05) is 19.8 Å². The van der Waals surface area contributed by atoms with Gasteiger partial charge in [-0.25, -0.2) is 0 Å². The van der Waals surface area contributed by atoms with Crippen molar-refractivity contribution in [1.29, 1.82) is 0 Å². The van der Waals surface area contributed by atoms with Gasteiger partial charge in [0.1, 0.15) is 0 Å². The average Bonchev–Trinajstić information content (AvgIpc) is 2.39. The predicted molar refractivity (Wildman–Crippen MR) is 77.4 cm³/mol. The van der Waals surface area contributed by atoms with Crippen molar-refractivity contribution in [1.82, 2.24) is 0 Å². The first-order valence-electron chi connectivity index (χ1n) is 7.93. The number of hydrogen-bond donors (Lipinski definition) is 1. The number of hydrogen-bond acceptors (Lipinski definition) is 2. The molecular weight excluding hydrogens is 226 g/mol. The highest BCUT2D eigenvalue weighted by Crippen LogP contribution is 2.10. The first kappa shape index (κ1) is 17.9. The molecule has 0 heterocycles. The molecule has 0 aliphatic heterocycles. The van der Waals surface area contributed by atoms with E-state index in [1.165, 1.54) is 64.2 Å². The number of ether oxygens (including phenoxy) is 1. The third-order valence-corrected chi connectivity index (χ3v) is 3.25. The Morgan fingerprint density at radius 2 is 1.22 bits per heavy atom. The third-order valence-electron chi connectivity index (χ3n) is 3.25. The lowest BCUT2D eigenvalue weighted by Crippen LogP contribution is -2.77. The zero-order valence-corrected chi connectivity index (χ0v) is 12.3.